The van der Waals surface area contributed by atoms with Crippen LogP contribution >= 0.6 is 0 Å². The van der Waals surface area contributed by atoms with E-state index in [0.29, 0.717) is 18.6 Å². The molecule has 0 aliphatic heterocycles. The van der Waals surface area contributed by atoms with Gasteiger partial charge in [0.15, 0.2) is 11.5 Å². The second-order valence-electron chi connectivity index (χ2n) is 5.78. The summed E-state index contributed by atoms with van der Waals surface area (Å²) >= 11 is 0. The number of ether oxygens (including phenoxy) is 1. The Balaban J connectivity index is 3.01. The monoisotopic (exact) mass is 324 g/mol. The van der Waals surface area contributed by atoms with Crippen LogP contribution in [0.5, 0.6) is 17.2 Å². The Morgan fingerprint density at radius 2 is 1.70 bits per heavy atom. The fourth-order valence-electron chi connectivity index (χ4n) is 2.51. The van der Waals surface area contributed by atoms with Crippen LogP contribution in [-0.4, -0.2) is 27.9 Å². The summed E-state index contributed by atoms with van der Waals surface area (Å²) in [5, 5.41) is 29.0. The first kappa shape index (κ1) is 19.1. The first-order valence-electron chi connectivity index (χ1n) is 8.46. The van der Waals surface area contributed by atoms with E-state index in [1.54, 1.807) is 0 Å². The van der Waals surface area contributed by atoms with Crippen LogP contribution in [0.2, 0.25) is 0 Å². The van der Waals surface area contributed by atoms with Crippen LogP contribution in [0.4, 0.5) is 0 Å². The standard InChI is InChI=1S/C18H28O5/c1-3-5-7-8-10-13-12-14(19)16(20)15(18(21)22)17(13)23-11-9-6-4-2/h12,19-20H,3-11H2,1-2H3,(H,21,22). The lowest BCUT2D eigenvalue weighted by Gasteiger charge is -2.16. The topological polar surface area (TPSA) is 87.0 Å². The molecule has 1 aromatic carbocycles. The molecule has 130 valence electrons. The Bertz CT molecular complexity index is 511. The number of unbranched alkanes of at least 4 members (excludes halogenated alkanes) is 5. The number of hydrogen-bond donors (Lipinski definition) is 3. The maximum absolute atomic E-state index is 11.5. The predicted octanol–water partition coefficient (Wildman–Crippen LogP) is 4.49. The molecule has 23 heavy (non-hydrogen) atoms. The van der Waals surface area contributed by atoms with E-state index in [1.807, 2.05) is 0 Å². The van der Waals surface area contributed by atoms with Crippen LogP contribution in [0, 0.1) is 0 Å². The van der Waals surface area contributed by atoms with E-state index < -0.39 is 17.5 Å². The van der Waals surface area contributed by atoms with E-state index in [1.165, 1.54) is 6.07 Å². The zero-order valence-corrected chi connectivity index (χ0v) is 14.1. The average Bonchev–Trinajstić information content (AvgIpc) is 2.51. The van der Waals surface area contributed by atoms with Crippen molar-refractivity contribution in [2.24, 2.45) is 0 Å². The highest BCUT2D eigenvalue weighted by Gasteiger charge is 2.24. The molecule has 0 bridgehead atoms. The molecular formula is C18H28O5. The summed E-state index contributed by atoms with van der Waals surface area (Å²) in [5.74, 6) is -2.13. The molecule has 0 saturated heterocycles. The Hall–Kier alpha value is -1.91. The van der Waals surface area contributed by atoms with Crippen LogP contribution < -0.4 is 4.74 Å². The Kier molecular flexibility index (Phi) is 8.30. The molecule has 0 radical (unpaired) electrons. The second-order valence-corrected chi connectivity index (χ2v) is 5.78. The molecule has 1 aromatic rings. The molecule has 0 heterocycles. The lowest BCUT2D eigenvalue weighted by molar-refractivity contribution is 0.0687. The largest absolute Gasteiger partial charge is 0.504 e. The number of aromatic carboxylic acids is 1. The molecule has 0 fully saturated rings. The van der Waals surface area contributed by atoms with Gasteiger partial charge in [-0.15, -0.1) is 0 Å². The third kappa shape index (κ3) is 5.66. The molecule has 0 aliphatic rings. The summed E-state index contributed by atoms with van der Waals surface area (Å²) in [4.78, 5) is 11.5. The second kappa shape index (κ2) is 9.98. The van der Waals surface area contributed by atoms with Crippen molar-refractivity contribution in [1.29, 1.82) is 0 Å². The summed E-state index contributed by atoms with van der Waals surface area (Å²) in [5.41, 5.74) is 0.303. The van der Waals surface area contributed by atoms with Gasteiger partial charge in [0.25, 0.3) is 0 Å². The number of phenolic OH excluding ortho intramolecular Hbond substituents is 1. The van der Waals surface area contributed by atoms with E-state index in [2.05, 4.69) is 13.8 Å². The Labute approximate surface area is 137 Å². The normalized spacial score (nSPS) is 10.7. The van der Waals surface area contributed by atoms with Crippen LogP contribution in [0.1, 0.15) is 74.7 Å². The number of carboxylic acids is 1. The zero-order chi connectivity index (χ0) is 17.2. The maximum Gasteiger partial charge on any atom is 0.343 e. The highest BCUT2D eigenvalue weighted by molar-refractivity contribution is 5.95. The van der Waals surface area contributed by atoms with E-state index in [4.69, 9.17) is 4.74 Å². The fraction of sp³-hybridized carbons (Fsp3) is 0.611. The van der Waals surface area contributed by atoms with Crippen LogP contribution in [0.15, 0.2) is 6.07 Å². The summed E-state index contributed by atoms with van der Waals surface area (Å²) in [6.07, 6.45) is 7.64. The first-order valence-corrected chi connectivity index (χ1v) is 8.46. The van der Waals surface area contributed by atoms with E-state index in [9.17, 15) is 20.1 Å². The molecular weight excluding hydrogens is 296 g/mol. The number of benzene rings is 1. The van der Waals surface area contributed by atoms with Crippen molar-refractivity contribution in [3.05, 3.63) is 17.2 Å². The molecule has 3 N–H and O–H groups in total. The molecule has 5 heteroatoms. The molecule has 0 spiro atoms. The van der Waals surface area contributed by atoms with Gasteiger partial charge in [0, 0.05) is 0 Å². The minimum Gasteiger partial charge on any atom is -0.504 e. The van der Waals surface area contributed by atoms with Crippen molar-refractivity contribution in [1.82, 2.24) is 0 Å². The number of carbonyl (C=O) groups is 1. The number of rotatable bonds is 11. The fourth-order valence-corrected chi connectivity index (χ4v) is 2.51. The van der Waals surface area contributed by atoms with Crippen molar-refractivity contribution in [2.75, 3.05) is 6.61 Å². The third-order valence-electron chi connectivity index (χ3n) is 3.82. The number of phenols is 2. The summed E-state index contributed by atoms with van der Waals surface area (Å²) < 4.78 is 5.67. The minimum atomic E-state index is -1.29. The maximum atomic E-state index is 11.5. The molecule has 0 atom stereocenters. The molecule has 0 saturated carbocycles. The number of aryl methyl sites for hydroxylation is 1. The molecule has 0 unspecified atom stereocenters. The van der Waals surface area contributed by atoms with E-state index in [-0.39, 0.29) is 11.3 Å². The predicted molar refractivity (Wildman–Crippen MR) is 89.6 cm³/mol. The smallest absolute Gasteiger partial charge is 0.343 e. The van der Waals surface area contributed by atoms with Crippen LogP contribution in [-0.2, 0) is 6.42 Å². The highest BCUT2D eigenvalue weighted by atomic mass is 16.5. The minimum absolute atomic E-state index is 0.195. The van der Waals surface area contributed by atoms with Crippen LogP contribution in [0.3, 0.4) is 0 Å². The van der Waals surface area contributed by atoms with Crippen molar-refractivity contribution < 1.29 is 24.9 Å². The van der Waals surface area contributed by atoms with E-state index >= 15 is 0 Å². The lowest BCUT2D eigenvalue weighted by atomic mass is 10.0. The van der Waals surface area contributed by atoms with E-state index in [0.717, 1.165) is 44.9 Å². The van der Waals surface area contributed by atoms with Gasteiger partial charge in [-0.3, -0.25) is 0 Å². The van der Waals surface area contributed by atoms with Gasteiger partial charge in [0.2, 0.25) is 0 Å². The highest BCUT2D eigenvalue weighted by Crippen LogP contribution is 2.40. The third-order valence-corrected chi connectivity index (χ3v) is 3.82. The molecule has 0 aliphatic carbocycles. The van der Waals surface area contributed by atoms with Crippen LogP contribution in [0.25, 0.3) is 0 Å². The van der Waals surface area contributed by atoms with Crippen molar-refractivity contribution in [3.8, 4) is 17.2 Å². The van der Waals surface area contributed by atoms with Crippen molar-refractivity contribution in [3.63, 3.8) is 0 Å². The van der Waals surface area contributed by atoms with Crippen molar-refractivity contribution >= 4 is 5.97 Å². The summed E-state index contributed by atoms with van der Waals surface area (Å²) in [6.45, 7) is 4.60. The first-order chi connectivity index (χ1) is 11.0. The molecule has 5 nitrogen and oxygen atoms in total. The van der Waals surface area contributed by atoms with Gasteiger partial charge < -0.3 is 20.1 Å². The van der Waals surface area contributed by atoms with Crippen molar-refractivity contribution in [2.45, 2.75) is 65.2 Å². The Morgan fingerprint density at radius 3 is 2.30 bits per heavy atom. The molecule has 0 aromatic heterocycles. The van der Waals surface area contributed by atoms with Gasteiger partial charge >= 0.3 is 5.97 Å². The van der Waals surface area contributed by atoms with Gasteiger partial charge in [-0.2, -0.15) is 0 Å². The number of hydrogen-bond acceptors (Lipinski definition) is 4. The summed E-state index contributed by atoms with van der Waals surface area (Å²) in [7, 11) is 0. The number of carboxylic acid groups (broad SMARTS) is 1. The Morgan fingerprint density at radius 1 is 1.04 bits per heavy atom. The lowest BCUT2D eigenvalue weighted by Crippen LogP contribution is -2.08. The van der Waals surface area contributed by atoms with Gasteiger partial charge in [0.1, 0.15) is 11.3 Å². The van der Waals surface area contributed by atoms with Gasteiger partial charge in [-0.25, -0.2) is 4.79 Å². The van der Waals surface area contributed by atoms with Gasteiger partial charge in [-0.05, 0) is 30.9 Å². The zero-order valence-electron chi connectivity index (χ0n) is 14.1. The molecule has 0 amide bonds. The quantitative estimate of drug-likeness (QED) is 0.412. The molecule has 1 rings (SSSR count). The SMILES string of the molecule is CCCCCCc1cc(O)c(O)c(C(=O)O)c1OCCCCC. The number of aromatic hydroxyl groups is 2. The van der Waals surface area contributed by atoms with Gasteiger partial charge in [0.05, 0.1) is 6.61 Å². The average molecular weight is 324 g/mol. The summed E-state index contributed by atoms with van der Waals surface area (Å²) in [6, 6.07) is 1.42. The van der Waals surface area contributed by atoms with Gasteiger partial charge in [-0.1, -0.05) is 46.0 Å².